The van der Waals surface area contributed by atoms with Crippen LogP contribution in [0.15, 0.2) is 41.0 Å². The van der Waals surface area contributed by atoms with E-state index >= 15 is 0 Å². The van der Waals surface area contributed by atoms with E-state index in [0.29, 0.717) is 0 Å². The van der Waals surface area contributed by atoms with Crippen molar-refractivity contribution < 1.29 is 23.5 Å². The van der Waals surface area contributed by atoms with Crippen molar-refractivity contribution in [3.05, 3.63) is 53.2 Å². The number of aliphatic hydroxyl groups is 1. The fraction of sp³-hybridized carbons (Fsp3) is 0.200. The van der Waals surface area contributed by atoms with Gasteiger partial charge in [0.05, 0.1) is 18.5 Å². The van der Waals surface area contributed by atoms with Gasteiger partial charge in [-0.3, -0.25) is 9.59 Å². The number of rotatable bonds is 4. The molecule has 0 fully saturated rings. The molecule has 0 aliphatic heterocycles. The first-order chi connectivity index (χ1) is 10.8. The fourth-order valence-electron chi connectivity index (χ4n) is 1.78. The molecule has 0 aliphatic rings. The molecule has 2 aromatic rings. The third kappa shape index (κ3) is 4.30. The van der Waals surface area contributed by atoms with Gasteiger partial charge in [-0.2, -0.15) is 0 Å². The van der Waals surface area contributed by atoms with Crippen molar-refractivity contribution in [2.45, 2.75) is 12.5 Å². The number of carbonyl (C=O) groups excluding carboxylic acids is 2. The van der Waals surface area contributed by atoms with E-state index < -0.39 is 23.2 Å². The Bertz CT molecular complexity index is 716. The minimum atomic E-state index is -1.49. The van der Waals surface area contributed by atoms with E-state index in [2.05, 4.69) is 10.6 Å². The summed E-state index contributed by atoms with van der Waals surface area (Å²) in [6.07, 6.45) is 1.38. The smallest absolute Gasteiger partial charge is 0.313 e. The van der Waals surface area contributed by atoms with Crippen LogP contribution in [0.1, 0.15) is 12.7 Å². The molecule has 1 aromatic heterocycles. The van der Waals surface area contributed by atoms with Gasteiger partial charge in [0.1, 0.15) is 17.2 Å². The summed E-state index contributed by atoms with van der Waals surface area (Å²) >= 11 is 5.70. The lowest BCUT2D eigenvalue weighted by atomic mass is 10.0. The van der Waals surface area contributed by atoms with Gasteiger partial charge in [-0.25, -0.2) is 4.39 Å². The second kappa shape index (κ2) is 6.80. The number of hydrogen-bond donors (Lipinski definition) is 3. The maximum atomic E-state index is 13.5. The standard InChI is InChI=1S/C15H14ClFN2O4/c1-15(22,12-3-2-6-23-12)8-18-13(20)14(21)19-11-7-9(16)4-5-10(11)17/h2-7,22H,8H2,1H3,(H,18,20)(H,19,21). The highest BCUT2D eigenvalue weighted by Gasteiger charge is 2.28. The summed E-state index contributed by atoms with van der Waals surface area (Å²) in [5.74, 6) is -2.60. The highest BCUT2D eigenvalue weighted by molar-refractivity contribution is 6.39. The molecule has 2 rings (SSSR count). The molecular formula is C15H14ClFN2O4. The van der Waals surface area contributed by atoms with Crippen molar-refractivity contribution in [2.75, 3.05) is 11.9 Å². The highest BCUT2D eigenvalue weighted by atomic mass is 35.5. The monoisotopic (exact) mass is 340 g/mol. The predicted octanol–water partition coefficient (Wildman–Crippen LogP) is 2.03. The van der Waals surface area contributed by atoms with E-state index in [-0.39, 0.29) is 23.0 Å². The molecule has 1 aromatic carbocycles. The first-order valence-electron chi connectivity index (χ1n) is 6.60. The number of halogens is 2. The van der Waals surface area contributed by atoms with Crippen molar-refractivity contribution >= 4 is 29.1 Å². The Kier molecular flexibility index (Phi) is 5.02. The molecule has 0 radical (unpaired) electrons. The molecule has 1 unspecified atom stereocenters. The van der Waals surface area contributed by atoms with Gasteiger partial charge in [0, 0.05) is 5.02 Å². The van der Waals surface area contributed by atoms with Gasteiger partial charge in [0.2, 0.25) is 0 Å². The SMILES string of the molecule is CC(O)(CNC(=O)C(=O)Nc1cc(Cl)ccc1F)c1ccco1. The van der Waals surface area contributed by atoms with Crippen molar-refractivity contribution in [3.8, 4) is 0 Å². The van der Waals surface area contributed by atoms with Crippen LogP contribution < -0.4 is 10.6 Å². The largest absolute Gasteiger partial charge is 0.466 e. The van der Waals surface area contributed by atoms with Crippen LogP contribution in [0.25, 0.3) is 0 Å². The zero-order chi connectivity index (χ0) is 17.0. The average Bonchev–Trinajstić information content (AvgIpc) is 3.03. The van der Waals surface area contributed by atoms with Gasteiger partial charge < -0.3 is 20.2 Å². The second-order valence-corrected chi connectivity index (χ2v) is 5.45. The number of carbonyl (C=O) groups is 2. The Morgan fingerprint density at radius 1 is 1.35 bits per heavy atom. The van der Waals surface area contributed by atoms with Crippen molar-refractivity contribution in [2.24, 2.45) is 0 Å². The predicted molar refractivity (Wildman–Crippen MR) is 81.3 cm³/mol. The Morgan fingerprint density at radius 2 is 2.09 bits per heavy atom. The lowest BCUT2D eigenvalue weighted by Crippen LogP contribution is -2.43. The van der Waals surface area contributed by atoms with E-state index in [1.165, 1.54) is 31.4 Å². The number of anilines is 1. The highest BCUT2D eigenvalue weighted by Crippen LogP contribution is 2.20. The Labute approximate surface area is 136 Å². The maximum absolute atomic E-state index is 13.5. The summed E-state index contributed by atoms with van der Waals surface area (Å²) < 4.78 is 18.5. The molecule has 122 valence electrons. The second-order valence-electron chi connectivity index (χ2n) is 5.01. The molecule has 0 saturated carbocycles. The molecule has 0 bridgehead atoms. The number of hydrogen-bond acceptors (Lipinski definition) is 4. The van der Waals surface area contributed by atoms with Crippen LogP contribution in [0, 0.1) is 5.82 Å². The number of furan rings is 1. The zero-order valence-electron chi connectivity index (χ0n) is 12.1. The van der Waals surface area contributed by atoms with E-state index in [0.717, 1.165) is 6.07 Å². The van der Waals surface area contributed by atoms with Crippen LogP contribution in [0.2, 0.25) is 5.02 Å². The minimum absolute atomic E-state index is 0.211. The first-order valence-corrected chi connectivity index (χ1v) is 6.98. The quantitative estimate of drug-likeness (QED) is 0.743. The van der Waals surface area contributed by atoms with Gasteiger partial charge in [-0.1, -0.05) is 11.6 Å². The van der Waals surface area contributed by atoms with Crippen LogP contribution in [-0.2, 0) is 15.2 Å². The van der Waals surface area contributed by atoms with Gasteiger partial charge in [0.15, 0.2) is 0 Å². The number of amides is 2. The van der Waals surface area contributed by atoms with Crippen molar-refractivity contribution in [1.29, 1.82) is 0 Å². The van der Waals surface area contributed by atoms with E-state index in [1.54, 1.807) is 6.07 Å². The minimum Gasteiger partial charge on any atom is -0.466 e. The zero-order valence-corrected chi connectivity index (χ0v) is 12.9. The summed E-state index contributed by atoms with van der Waals surface area (Å²) in [5, 5.41) is 14.7. The molecule has 1 heterocycles. The summed E-state index contributed by atoms with van der Waals surface area (Å²) in [6.45, 7) is 1.16. The number of nitrogens with one attached hydrogen (secondary N) is 2. The topological polar surface area (TPSA) is 91.6 Å². The molecule has 3 N–H and O–H groups in total. The van der Waals surface area contributed by atoms with Gasteiger partial charge in [0.25, 0.3) is 0 Å². The molecule has 2 amide bonds. The van der Waals surface area contributed by atoms with Crippen LogP contribution in [0.4, 0.5) is 10.1 Å². The molecule has 1 atom stereocenters. The molecule has 23 heavy (non-hydrogen) atoms. The normalized spacial score (nSPS) is 13.2. The average molecular weight is 341 g/mol. The Hall–Kier alpha value is -2.38. The summed E-state index contributed by atoms with van der Waals surface area (Å²) in [4.78, 5) is 23.5. The lowest BCUT2D eigenvalue weighted by molar-refractivity contribution is -0.136. The van der Waals surface area contributed by atoms with E-state index in [9.17, 15) is 19.1 Å². The van der Waals surface area contributed by atoms with Crippen LogP contribution in [0.5, 0.6) is 0 Å². The van der Waals surface area contributed by atoms with Gasteiger partial charge >= 0.3 is 11.8 Å². The molecule has 6 nitrogen and oxygen atoms in total. The Balaban J connectivity index is 1.95. The Morgan fingerprint density at radius 3 is 2.74 bits per heavy atom. The summed E-state index contributed by atoms with van der Waals surface area (Å²) in [6, 6.07) is 6.68. The van der Waals surface area contributed by atoms with Gasteiger partial charge in [-0.15, -0.1) is 0 Å². The number of benzene rings is 1. The fourth-order valence-corrected chi connectivity index (χ4v) is 1.95. The van der Waals surface area contributed by atoms with Gasteiger partial charge in [-0.05, 0) is 37.3 Å². The molecule has 0 saturated heterocycles. The summed E-state index contributed by atoms with van der Waals surface area (Å²) in [5.41, 5.74) is -1.70. The lowest BCUT2D eigenvalue weighted by Gasteiger charge is -2.20. The van der Waals surface area contributed by atoms with Crippen molar-refractivity contribution in [1.82, 2.24) is 5.32 Å². The third-order valence-electron chi connectivity index (χ3n) is 3.03. The van der Waals surface area contributed by atoms with Crippen LogP contribution >= 0.6 is 11.6 Å². The summed E-state index contributed by atoms with van der Waals surface area (Å²) in [7, 11) is 0. The molecule has 8 heteroatoms. The van der Waals surface area contributed by atoms with Crippen molar-refractivity contribution in [3.63, 3.8) is 0 Å². The van der Waals surface area contributed by atoms with Crippen LogP contribution in [-0.4, -0.2) is 23.5 Å². The molecule has 0 spiro atoms. The van der Waals surface area contributed by atoms with E-state index in [1.807, 2.05) is 0 Å². The molecular weight excluding hydrogens is 327 g/mol. The molecule has 0 aliphatic carbocycles. The maximum Gasteiger partial charge on any atom is 0.313 e. The van der Waals surface area contributed by atoms with Crippen LogP contribution in [0.3, 0.4) is 0 Å². The third-order valence-corrected chi connectivity index (χ3v) is 3.26. The van der Waals surface area contributed by atoms with E-state index in [4.69, 9.17) is 16.0 Å². The first kappa shape index (κ1) is 17.0.